The molecular weight excluding hydrogens is 200 g/mol. The minimum absolute atomic E-state index is 0.455. The van der Waals surface area contributed by atoms with Gasteiger partial charge in [-0.25, -0.2) is 0 Å². The number of hydrogen-bond acceptors (Lipinski definition) is 3. The van der Waals surface area contributed by atoms with Crippen molar-refractivity contribution < 1.29 is 0 Å². The number of rotatable bonds is 3. The molecule has 0 atom stereocenters. The average molecular weight is 212 g/mol. The predicted octanol–water partition coefficient (Wildman–Crippen LogP) is 4.14. The summed E-state index contributed by atoms with van der Waals surface area (Å²) in [6.45, 7) is 1.94. The van der Waals surface area contributed by atoms with E-state index >= 15 is 0 Å². The number of aryl methyl sites for hydroxylation is 1. The highest BCUT2D eigenvalue weighted by Gasteiger charge is 2.00. The third-order valence-electron chi connectivity index (χ3n) is 2.37. The lowest BCUT2D eigenvalue weighted by Gasteiger charge is -2.09. The Kier molecular flexibility index (Phi) is 2.96. The van der Waals surface area contributed by atoms with Gasteiger partial charge in [-0.3, -0.25) is 0 Å². The normalized spacial score (nSPS) is 9.81. The first-order chi connectivity index (χ1) is 7.79. The van der Waals surface area contributed by atoms with E-state index in [0.717, 1.165) is 16.9 Å². The summed E-state index contributed by atoms with van der Waals surface area (Å²) in [5.41, 5.74) is 3.47. The zero-order valence-electron chi connectivity index (χ0n) is 8.97. The van der Waals surface area contributed by atoms with Crippen LogP contribution in [0, 0.1) is 11.8 Å². The van der Waals surface area contributed by atoms with E-state index in [0.29, 0.717) is 5.69 Å². The van der Waals surface area contributed by atoms with Gasteiger partial charge < -0.3 is 5.32 Å². The molecule has 2 aromatic carbocycles. The lowest BCUT2D eigenvalue weighted by Crippen LogP contribution is -1.91. The van der Waals surface area contributed by atoms with E-state index in [1.807, 2.05) is 43.3 Å². The van der Waals surface area contributed by atoms with Gasteiger partial charge in [-0.1, -0.05) is 18.2 Å². The second-order valence-corrected chi connectivity index (χ2v) is 3.58. The van der Waals surface area contributed by atoms with E-state index < -0.39 is 0 Å². The summed E-state index contributed by atoms with van der Waals surface area (Å²) in [6.07, 6.45) is 0. The smallest absolute Gasteiger partial charge is 0.108 e. The number of benzene rings is 2. The number of nitrogens with one attached hydrogen (secondary N) is 1. The fourth-order valence-corrected chi connectivity index (χ4v) is 1.52. The summed E-state index contributed by atoms with van der Waals surface area (Å²) in [5, 5.41) is 6.18. The molecular formula is C13H12N2O. The zero-order chi connectivity index (χ0) is 11.4. The largest absolute Gasteiger partial charge is 0.355 e. The molecule has 1 N–H and O–H groups in total. The second-order valence-electron chi connectivity index (χ2n) is 3.58. The highest BCUT2D eigenvalue weighted by molar-refractivity contribution is 5.65. The van der Waals surface area contributed by atoms with Gasteiger partial charge >= 0.3 is 0 Å². The van der Waals surface area contributed by atoms with Gasteiger partial charge in [0.25, 0.3) is 0 Å². The van der Waals surface area contributed by atoms with Crippen LogP contribution in [-0.4, -0.2) is 0 Å². The molecule has 0 amide bonds. The molecule has 3 heteroatoms. The van der Waals surface area contributed by atoms with E-state index in [1.54, 1.807) is 12.1 Å². The Bertz CT molecular complexity index is 495. The van der Waals surface area contributed by atoms with Crippen molar-refractivity contribution in [1.82, 2.24) is 0 Å². The van der Waals surface area contributed by atoms with E-state index in [1.165, 1.54) is 0 Å². The second kappa shape index (κ2) is 4.57. The van der Waals surface area contributed by atoms with E-state index in [2.05, 4.69) is 10.5 Å². The van der Waals surface area contributed by atoms with Crippen molar-refractivity contribution in [3.05, 3.63) is 59.0 Å². The Labute approximate surface area is 94.1 Å². The molecule has 2 rings (SSSR count). The Morgan fingerprint density at radius 3 is 2.44 bits per heavy atom. The van der Waals surface area contributed by atoms with Crippen LogP contribution in [0.4, 0.5) is 17.1 Å². The predicted molar refractivity (Wildman–Crippen MR) is 66.4 cm³/mol. The van der Waals surface area contributed by atoms with Crippen molar-refractivity contribution >= 4 is 17.1 Å². The molecule has 0 saturated heterocycles. The third kappa shape index (κ3) is 2.25. The molecule has 2 aromatic rings. The lowest BCUT2D eigenvalue weighted by atomic mass is 10.1. The van der Waals surface area contributed by atoms with Crippen LogP contribution >= 0.6 is 0 Å². The molecule has 0 unspecified atom stereocenters. The first-order valence-corrected chi connectivity index (χ1v) is 5.05. The van der Waals surface area contributed by atoms with Crippen LogP contribution in [0.15, 0.2) is 53.7 Å². The van der Waals surface area contributed by atoms with Crippen LogP contribution in [0.2, 0.25) is 0 Å². The summed E-state index contributed by atoms with van der Waals surface area (Å²) in [6, 6.07) is 15.2. The Morgan fingerprint density at radius 2 is 1.81 bits per heavy atom. The molecule has 0 fully saturated rings. The summed E-state index contributed by atoms with van der Waals surface area (Å²) < 4.78 is 0. The van der Waals surface area contributed by atoms with E-state index in [-0.39, 0.29) is 0 Å². The van der Waals surface area contributed by atoms with Crippen LogP contribution in [0.5, 0.6) is 0 Å². The summed E-state index contributed by atoms with van der Waals surface area (Å²) >= 11 is 0. The molecule has 80 valence electrons. The van der Waals surface area contributed by atoms with Crippen molar-refractivity contribution in [3.63, 3.8) is 0 Å². The number of hydrogen-bond donors (Lipinski definition) is 1. The quantitative estimate of drug-likeness (QED) is 0.777. The molecule has 0 spiro atoms. The minimum Gasteiger partial charge on any atom is -0.355 e. The van der Waals surface area contributed by atoms with Crippen molar-refractivity contribution in [2.24, 2.45) is 5.18 Å². The fraction of sp³-hybridized carbons (Fsp3) is 0.0769. The number of para-hydroxylation sites is 1. The van der Waals surface area contributed by atoms with Gasteiger partial charge in [0, 0.05) is 11.4 Å². The summed E-state index contributed by atoms with van der Waals surface area (Å²) in [5.74, 6) is 0. The Hall–Kier alpha value is -2.16. The lowest BCUT2D eigenvalue weighted by molar-refractivity contribution is 1.39. The van der Waals surface area contributed by atoms with Crippen LogP contribution in [-0.2, 0) is 0 Å². The molecule has 0 radical (unpaired) electrons. The van der Waals surface area contributed by atoms with Gasteiger partial charge in [0.1, 0.15) is 5.69 Å². The maximum atomic E-state index is 10.4. The fourth-order valence-electron chi connectivity index (χ4n) is 1.52. The molecule has 0 aliphatic carbocycles. The van der Waals surface area contributed by atoms with Gasteiger partial charge in [-0.15, -0.1) is 4.91 Å². The van der Waals surface area contributed by atoms with Crippen LogP contribution in [0.1, 0.15) is 5.56 Å². The molecule has 0 bridgehead atoms. The van der Waals surface area contributed by atoms with Gasteiger partial charge in [-0.05, 0) is 48.0 Å². The highest BCUT2D eigenvalue weighted by Crippen LogP contribution is 2.24. The van der Waals surface area contributed by atoms with Crippen LogP contribution < -0.4 is 5.32 Å². The molecule has 0 aliphatic heterocycles. The summed E-state index contributed by atoms with van der Waals surface area (Å²) in [7, 11) is 0. The minimum atomic E-state index is 0.455. The molecule has 0 heterocycles. The van der Waals surface area contributed by atoms with E-state index in [9.17, 15) is 4.91 Å². The highest BCUT2D eigenvalue weighted by atomic mass is 16.3. The number of anilines is 2. The SMILES string of the molecule is Cc1cc(N=O)ccc1Nc1ccccc1. The van der Waals surface area contributed by atoms with Gasteiger partial charge in [0.2, 0.25) is 0 Å². The molecule has 0 saturated carbocycles. The van der Waals surface area contributed by atoms with Crippen LogP contribution in [0.3, 0.4) is 0 Å². The van der Waals surface area contributed by atoms with Crippen molar-refractivity contribution in [2.45, 2.75) is 6.92 Å². The first-order valence-electron chi connectivity index (χ1n) is 5.05. The summed E-state index contributed by atoms with van der Waals surface area (Å²) in [4.78, 5) is 10.4. The van der Waals surface area contributed by atoms with Crippen molar-refractivity contribution in [1.29, 1.82) is 0 Å². The van der Waals surface area contributed by atoms with Gasteiger partial charge in [-0.2, -0.15) is 0 Å². The maximum absolute atomic E-state index is 10.4. The molecule has 0 aromatic heterocycles. The topological polar surface area (TPSA) is 41.5 Å². The van der Waals surface area contributed by atoms with Crippen molar-refractivity contribution in [2.75, 3.05) is 5.32 Å². The third-order valence-corrected chi connectivity index (χ3v) is 2.37. The number of nitrogens with zero attached hydrogens (tertiary/aromatic N) is 1. The van der Waals surface area contributed by atoms with Crippen molar-refractivity contribution in [3.8, 4) is 0 Å². The molecule has 3 nitrogen and oxygen atoms in total. The maximum Gasteiger partial charge on any atom is 0.108 e. The van der Waals surface area contributed by atoms with Gasteiger partial charge in [0.15, 0.2) is 0 Å². The van der Waals surface area contributed by atoms with E-state index in [4.69, 9.17) is 0 Å². The van der Waals surface area contributed by atoms with Crippen LogP contribution in [0.25, 0.3) is 0 Å². The molecule has 0 aliphatic rings. The number of nitroso groups, excluding NO2 is 1. The molecule has 16 heavy (non-hydrogen) atoms. The first kappa shape index (κ1) is 10.4. The Balaban J connectivity index is 2.25. The standard InChI is InChI=1S/C13H12N2O/c1-10-9-12(15-16)7-8-13(10)14-11-5-3-2-4-6-11/h2-9,14H,1H3. The monoisotopic (exact) mass is 212 g/mol. The van der Waals surface area contributed by atoms with Gasteiger partial charge in [0.05, 0.1) is 0 Å². The average Bonchev–Trinajstić information content (AvgIpc) is 2.33. The Morgan fingerprint density at radius 1 is 1.06 bits per heavy atom. The zero-order valence-corrected chi connectivity index (χ0v) is 8.97.